The van der Waals surface area contributed by atoms with Crippen LogP contribution in [0.2, 0.25) is 0 Å². The lowest BCUT2D eigenvalue weighted by Crippen LogP contribution is -2.20. The van der Waals surface area contributed by atoms with Crippen molar-refractivity contribution in [3.05, 3.63) is 0 Å². The van der Waals surface area contributed by atoms with Gasteiger partial charge in [-0.05, 0) is 23.7 Å². The van der Waals surface area contributed by atoms with Crippen molar-refractivity contribution in [3.8, 4) is 0 Å². The van der Waals surface area contributed by atoms with E-state index >= 15 is 0 Å². The zero-order chi connectivity index (χ0) is 20.5. The fourth-order valence-corrected chi connectivity index (χ4v) is 6.42. The second-order valence-electron chi connectivity index (χ2n) is 9.59. The summed E-state index contributed by atoms with van der Waals surface area (Å²) in [7, 11) is 0. The highest BCUT2D eigenvalue weighted by Gasteiger charge is 2.25. The van der Waals surface area contributed by atoms with Crippen LogP contribution in [0.3, 0.4) is 0 Å². The van der Waals surface area contributed by atoms with Gasteiger partial charge in [0.2, 0.25) is 0 Å². The Labute approximate surface area is 180 Å². The molecule has 0 atom stereocenters. The first-order chi connectivity index (χ1) is 13.9. The summed E-state index contributed by atoms with van der Waals surface area (Å²) in [5, 5.41) is 0. The Morgan fingerprint density at radius 2 is 0.393 bits per heavy atom. The average Bonchev–Trinajstić information content (AvgIpc) is 2.84. The first-order valence-corrected chi connectivity index (χ1v) is 13.9. The van der Waals surface area contributed by atoms with E-state index in [1.807, 2.05) is 27.7 Å². The Morgan fingerprint density at radius 1 is 0.250 bits per heavy atom. The molecule has 4 fully saturated rings. The summed E-state index contributed by atoms with van der Waals surface area (Å²) in [5.41, 5.74) is 0. The van der Waals surface area contributed by atoms with Gasteiger partial charge in [0.1, 0.15) is 0 Å². The Hall–Kier alpha value is 0. The molecule has 0 radical (unpaired) electrons. The van der Waals surface area contributed by atoms with Crippen LogP contribution < -0.4 is 0 Å². The predicted octanol–water partition coefficient (Wildman–Crippen LogP) is 10.3. The highest BCUT2D eigenvalue weighted by Crippen LogP contribution is 2.38. The molecule has 0 bridgehead atoms. The van der Waals surface area contributed by atoms with Crippen molar-refractivity contribution in [2.24, 2.45) is 23.7 Å². The first-order valence-electron chi connectivity index (χ1n) is 13.9. The van der Waals surface area contributed by atoms with E-state index in [0.717, 1.165) is 23.7 Å². The van der Waals surface area contributed by atoms with E-state index in [2.05, 4.69) is 0 Å². The molecule has 0 aromatic heterocycles. The molecule has 4 rings (SSSR count). The van der Waals surface area contributed by atoms with Crippen LogP contribution >= 0.6 is 0 Å². The van der Waals surface area contributed by atoms with Gasteiger partial charge in [-0.25, -0.2) is 0 Å². The van der Waals surface area contributed by atoms with Crippen LogP contribution in [0.1, 0.15) is 156 Å². The molecule has 168 valence electrons. The van der Waals surface area contributed by atoms with E-state index in [1.54, 1.807) is 51.4 Å². The van der Waals surface area contributed by atoms with Crippen LogP contribution in [0, 0.1) is 23.7 Å². The molecule has 28 heavy (non-hydrogen) atoms. The number of hydrogen-bond acceptors (Lipinski definition) is 0. The van der Waals surface area contributed by atoms with E-state index < -0.39 is 0 Å². The van der Waals surface area contributed by atoms with Gasteiger partial charge in [0.25, 0.3) is 0 Å². The molecule has 0 saturated heterocycles. The smallest absolute Gasteiger partial charge is 0.0386 e. The molecule has 0 N–H and O–H groups in total. The Balaban J connectivity index is 0.000000238. The van der Waals surface area contributed by atoms with Crippen LogP contribution in [-0.4, -0.2) is 0 Å². The maximum atomic E-state index is 2.00. The standard InChI is InChI=1S/2C12H22.2C2H6/c2*1-3-7-11(8-4-1)12-9-5-2-6-10-12;2*1-2/h2*11-12H,1-10H2;2*1-2H3. The molecular formula is C28H56. The third kappa shape index (κ3) is 10.2. The maximum absolute atomic E-state index is 2.00. The predicted molar refractivity (Wildman–Crippen MR) is 129 cm³/mol. The summed E-state index contributed by atoms with van der Waals surface area (Å²) in [6, 6.07) is 0. The summed E-state index contributed by atoms with van der Waals surface area (Å²) in [5.74, 6) is 4.55. The quantitative estimate of drug-likeness (QED) is 0.438. The number of hydrogen-bond donors (Lipinski definition) is 0. The molecule has 0 heterocycles. The van der Waals surface area contributed by atoms with Gasteiger partial charge in [-0.1, -0.05) is 156 Å². The zero-order valence-electron chi connectivity index (χ0n) is 20.5. The minimum atomic E-state index is 1.14. The van der Waals surface area contributed by atoms with Crippen molar-refractivity contribution in [1.82, 2.24) is 0 Å². The third-order valence-electron chi connectivity index (χ3n) is 7.93. The summed E-state index contributed by atoms with van der Waals surface area (Å²) < 4.78 is 0. The van der Waals surface area contributed by atoms with E-state index in [-0.39, 0.29) is 0 Å². The van der Waals surface area contributed by atoms with Crippen molar-refractivity contribution >= 4 is 0 Å². The Morgan fingerprint density at radius 3 is 0.536 bits per heavy atom. The average molecular weight is 393 g/mol. The van der Waals surface area contributed by atoms with Crippen LogP contribution in [-0.2, 0) is 0 Å². The SMILES string of the molecule is C1CCC(C2CCCCC2)CC1.C1CCC(C2CCCCC2)CC1.CC.CC. The molecular weight excluding hydrogens is 336 g/mol. The molecule has 0 aliphatic heterocycles. The van der Waals surface area contributed by atoms with Crippen LogP contribution in [0.25, 0.3) is 0 Å². The van der Waals surface area contributed by atoms with E-state index in [9.17, 15) is 0 Å². The topological polar surface area (TPSA) is 0 Å². The van der Waals surface area contributed by atoms with Gasteiger partial charge in [0.15, 0.2) is 0 Å². The second-order valence-corrected chi connectivity index (χ2v) is 9.59. The van der Waals surface area contributed by atoms with Crippen LogP contribution in [0.15, 0.2) is 0 Å². The van der Waals surface area contributed by atoms with Crippen molar-refractivity contribution < 1.29 is 0 Å². The zero-order valence-corrected chi connectivity index (χ0v) is 20.5. The van der Waals surface area contributed by atoms with E-state index in [0.29, 0.717) is 0 Å². The van der Waals surface area contributed by atoms with Gasteiger partial charge >= 0.3 is 0 Å². The van der Waals surface area contributed by atoms with E-state index in [4.69, 9.17) is 0 Å². The third-order valence-corrected chi connectivity index (χ3v) is 7.93. The highest BCUT2D eigenvalue weighted by atomic mass is 14.3. The van der Waals surface area contributed by atoms with Gasteiger partial charge in [-0.15, -0.1) is 0 Å². The molecule has 0 aromatic rings. The fraction of sp³-hybridized carbons (Fsp3) is 1.00. The second kappa shape index (κ2) is 17.8. The number of rotatable bonds is 2. The minimum Gasteiger partial charge on any atom is -0.0683 e. The fourth-order valence-electron chi connectivity index (χ4n) is 6.42. The molecule has 4 saturated carbocycles. The summed E-state index contributed by atoms with van der Waals surface area (Å²) in [4.78, 5) is 0. The monoisotopic (exact) mass is 392 g/mol. The Bertz CT molecular complexity index is 232. The molecule has 0 nitrogen and oxygen atoms in total. The Kier molecular flexibility index (Phi) is 16.6. The van der Waals surface area contributed by atoms with Gasteiger partial charge in [-0.2, -0.15) is 0 Å². The lowest BCUT2D eigenvalue weighted by atomic mass is 9.73. The minimum absolute atomic E-state index is 1.14. The van der Waals surface area contributed by atoms with Gasteiger partial charge in [0, 0.05) is 0 Å². The largest absolute Gasteiger partial charge is 0.0683 e. The van der Waals surface area contributed by atoms with Crippen molar-refractivity contribution in [3.63, 3.8) is 0 Å². The van der Waals surface area contributed by atoms with Crippen molar-refractivity contribution in [2.75, 3.05) is 0 Å². The van der Waals surface area contributed by atoms with Crippen molar-refractivity contribution in [1.29, 1.82) is 0 Å². The van der Waals surface area contributed by atoms with Crippen LogP contribution in [0.4, 0.5) is 0 Å². The lowest BCUT2D eigenvalue weighted by Gasteiger charge is -2.32. The van der Waals surface area contributed by atoms with E-state index in [1.165, 1.54) is 77.0 Å². The maximum Gasteiger partial charge on any atom is -0.0386 e. The van der Waals surface area contributed by atoms with Gasteiger partial charge in [0.05, 0.1) is 0 Å². The lowest BCUT2D eigenvalue weighted by molar-refractivity contribution is 0.196. The highest BCUT2D eigenvalue weighted by molar-refractivity contribution is 4.77. The van der Waals surface area contributed by atoms with Crippen molar-refractivity contribution in [2.45, 2.75) is 156 Å². The molecule has 0 heteroatoms. The normalized spacial score (nSPS) is 25.3. The van der Waals surface area contributed by atoms with Gasteiger partial charge in [-0.3, -0.25) is 0 Å². The summed E-state index contributed by atoms with van der Waals surface area (Å²) in [6.45, 7) is 8.00. The first kappa shape index (κ1) is 26.0. The molecule has 0 aromatic carbocycles. The summed E-state index contributed by atoms with van der Waals surface area (Å²) >= 11 is 0. The summed E-state index contributed by atoms with van der Waals surface area (Å²) in [6.07, 6.45) is 30.8. The molecule has 0 unspecified atom stereocenters. The molecule has 4 aliphatic rings. The molecule has 0 spiro atoms. The molecule has 4 aliphatic carbocycles. The molecule has 0 amide bonds. The van der Waals surface area contributed by atoms with Gasteiger partial charge < -0.3 is 0 Å². The van der Waals surface area contributed by atoms with Crippen LogP contribution in [0.5, 0.6) is 0 Å².